The summed E-state index contributed by atoms with van der Waals surface area (Å²) in [4.78, 5) is 0. The molecule has 0 aliphatic heterocycles. The van der Waals surface area contributed by atoms with Crippen LogP contribution in [0.25, 0.3) is 11.4 Å². The number of aromatic hydroxyl groups is 2. The van der Waals surface area contributed by atoms with Crippen molar-refractivity contribution >= 4 is 24.8 Å². The van der Waals surface area contributed by atoms with E-state index in [4.69, 9.17) is 0 Å². The van der Waals surface area contributed by atoms with Gasteiger partial charge in [0.2, 0.25) is 12.4 Å². The number of benzene rings is 4. The van der Waals surface area contributed by atoms with Crippen LogP contribution < -0.4 is 5.72 Å². The van der Waals surface area contributed by atoms with Gasteiger partial charge in [-0.2, -0.15) is 4.68 Å². The predicted molar refractivity (Wildman–Crippen MR) is 193 cm³/mol. The van der Waals surface area contributed by atoms with Crippen LogP contribution in [-0.4, -0.2) is 57.9 Å². The zero-order valence-corrected chi connectivity index (χ0v) is 29.5. The molecule has 0 atom stereocenters. The van der Waals surface area contributed by atoms with Gasteiger partial charge in [-0.1, -0.05) is 120 Å². The number of thioether (sulfide) groups is 1. The summed E-state index contributed by atoms with van der Waals surface area (Å²) < 4.78 is 3.43. The molecule has 0 fully saturated rings. The van der Waals surface area contributed by atoms with Gasteiger partial charge in [-0.3, -0.25) is 0 Å². The van der Waals surface area contributed by atoms with Crippen LogP contribution in [0.3, 0.4) is 0 Å². The minimum absolute atomic E-state index is 0.240. The van der Waals surface area contributed by atoms with E-state index in [1.807, 2.05) is 80.1 Å². The summed E-state index contributed by atoms with van der Waals surface area (Å²) in [7, 11) is 1.99. The molecule has 6 rings (SSSR count). The fraction of sp³-hybridized carbons (Fsp3) is 0.297. The number of hydrogen-bond acceptors (Lipinski definition) is 9. The number of nitrogens with zero attached hydrogens (tertiary/aromatic N) is 8. The average Bonchev–Trinajstić information content (AvgIpc) is 3.75. The summed E-state index contributed by atoms with van der Waals surface area (Å²) in [6.45, 7) is 12.5. The second kappa shape index (κ2) is 13.9. The van der Waals surface area contributed by atoms with Crippen molar-refractivity contribution in [1.29, 1.82) is 0 Å². The minimum atomic E-state index is -0.319. The number of aromatic nitrogens is 8. The van der Waals surface area contributed by atoms with E-state index in [1.165, 1.54) is 11.8 Å². The molecule has 0 spiro atoms. The maximum Gasteiger partial charge on any atom is 0.214 e. The Morgan fingerprint density at radius 1 is 0.653 bits per heavy atom. The number of phenolic OH excluding ortho intramolecular Hbond substituents is 2. The van der Waals surface area contributed by atoms with E-state index in [2.05, 4.69) is 84.7 Å². The van der Waals surface area contributed by atoms with Crippen molar-refractivity contribution < 1.29 is 10.2 Å². The smallest absolute Gasteiger partial charge is 0.214 e. The largest absolute Gasteiger partial charge is 0.507 e. The zero-order valence-electron chi connectivity index (χ0n) is 28.7. The van der Waals surface area contributed by atoms with Gasteiger partial charge in [0.05, 0.1) is 11.4 Å². The molecule has 249 valence electrons. The van der Waals surface area contributed by atoms with E-state index in [9.17, 15) is 10.2 Å². The van der Waals surface area contributed by atoms with E-state index < -0.39 is 0 Å². The summed E-state index contributed by atoms with van der Waals surface area (Å²) in [5.41, 5.74) is 6.96. The second-order valence-electron chi connectivity index (χ2n) is 14.2. The third-order valence-electron chi connectivity index (χ3n) is 8.32. The highest BCUT2D eigenvalue weighted by molar-refractivity contribution is 7.98. The van der Waals surface area contributed by atoms with E-state index in [0.717, 1.165) is 44.8 Å². The fourth-order valence-corrected chi connectivity index (χ4v) is 6.59. The Balaban J connectivity index is 1.31. The number of rotatable bonds is 10. The summed E-state index contributed by atoms with van der Waals surface area (Å²) in [6.07, 6.45) is 0.898. The van der Waals surface area contributed by atoms with Gasteiger partial charge in [0, 0.05) is 12.2 Å². The Kier molecular flexibility index (Phi) is 9.60. The van der Waals surface area contributed by atoms with Crippen LogP contribution in [0.2, 0.25) is 0 Å². The second-order valence-corrected chi connectivity index (χ2v) is 15.1. The summed E-state index contributed by atoms with van der Waals surface area (Å²) in [5.74, 6) is 1.07. The van der Waals surface area contributed by atoms with E-state index in [-0.39, 0.29) is 22.3 Å². The molecule has 2 N–H and O–H groups in total. The Bertz CT molecular complexity index is 1900. The molecule has 0 aliphatic rings. The van der Waals surface area contributed by atoms with Crippen LogP contribution in [0.5, 0.6) is 11.5 Å². The molecule has 0 saturated heterocycles. The van der Waals surface area contributed by atoms with Gasteiger partial charge in [-0.05, 0) is 90.1 Å². The Morgan fingerprint density at radius 2 is 1.16 bits per heavy atom. The first-order valence-corrected chi connectivity index (χ1v) is 17.2. The minimum Gasteiger partial charge on any atom is -0.507 e. The average molecular weight is 672 g/mol. The molecule has 0 aliphatic carbocycles. The van der Waals surface area contributed by atoms with Gasteiger partial charge in [-0.15, -0.1) is 10.2 Å². The van der Waals surface area contributed by atoms with Crippen molar-refractivity contribution in [2.24, 2.45) is 0 Å². The predicted octanol–water partition coefficient (Wildman–Crippen LogP) is 6.06. The highest BCUT2D eigenvalue weighted by Crippen LogP contribution is 2.40. The van der Waals surface area contributed by atoms with Crippen molar-refractivity contribution in [1.82, 2.24) is 40.4 Å². The van der Waals surface area contributed by atoms with Crippen molar-refractivity contribution in [3.63, 3.8) is 0 Å². The highest BCUT2D eigenvalue weighted by atomic mass is 32.2. The van der Waals surface area contributed by atoms with Crippen molar-refractivity contribution in [2.45, 2.75) is 76.0 Å². The molecule has 4 aromatic carbocycles. The van der Waals surface area contributed by atoms with Gasteiger partial charge in [0.25, 0.3) is 0 Å². The Morgan fingerprint density at radius 3 is 1.76 bits per heavy atom. The molecule has 0 unspecified atom stereocenters. The third kappa shape index (κ3) is 7.70. The number of tetrazole rings is 2. The molecule has 0 saturated carbocycles. The Hall–Kier alpha value is -4.97. The lowest BCUT2D eigenvalue weighted by atomic mass is 9.69. The van der Waals surface area contributed by atoms with E-state index in [0.29, 0.717) is 29.4 Å². The van der Waals surface area contributed by atoms with Gasteiger partial charge < -0.3 is 10.2 Å². The van der Waals surface area contributed by atoms with Gasteiger partial charge in [0.15, 0.2) is 0 Å². The molecule has 49 heavy (non-hydrogen) atoms. The maximum absolute atomic E-state index is 11.7. The molecular weight excluding hydrogens is 631 g/mol. The first kappa shape index (κ1) is 33.9. The van der Waals surface area contributed by atoms with Crippen LogP contribution in [-0.2, 0) is 29.3 Å². The molecule has 12 heteroatoms. The summed E-state index contributed by atoms with van der Waals surface area (Å²) >= 11 is 1.53. The molecule has 2 aromatic heterocycles. The van der Waals surface area contributed by atoms with E-state index >= 15 is 0 Å². The first-order valence-electron chi connectivity index (χ1n) is 16.2. The van der Waals surface area contributed by atoms with Gasteiger partial charge >= 0.3 is 0 Å². The van der Waals surface area contributed by atoms with Crippen LogP contribution in [0.4, 0.5) is 0 Å². The van der Waals surface area contributed by atoms with Gasteiger partial charge in [0.1, 0.15) is 17.2 Å². The van der Waals surface area contributed by atoms with Crippen LogP contribution in [0.15, 0.2) is 90.1 Å². The lowest BCUT2D eigenvalue weighted by Gasteiger charge is -2.25. The molecule has 10 nitrogen and oxygen atoms in total. The number of hydrogen-bond donors (Lipinski definition) is 2. The molecule has 0 amide bonds. The van der Waals surface area contributed by atoms with Crippen LogP contribution >= 0.6 is 11.8 Å². The molecule has 6 aromatic rings. The lowest BCUT2D eigenvalue weighted by Crippen LogP contribution is -2.28. The molecular formula is C37H40BN8O2S. The normalized spacial score (nSPS) is 12.0. The highest BCUT2D eigenvalue weighted by Gasteiger charge is 2.25. The summed E-state index contributed by atoms with van der Waals surface area (Å²) in [6, 6.07) is 27.7. The maximum atomic E-state index is 11.7. The quantitative estimate of drug-likeness (QED) is 0.132. The summed E-state index contributed by atoms with van der Waals surface area (Å²) in [5, 5.41) is 48.7. The first-order chi connectivity index (χ1) is 23.4. The number of phenols is 2. The van der Waals surface area contributed by atoms with Crippen LogP contribution in [0.1, 0.15) is 74.9 Å². The van der Waals surface area contributed by atoms with Gasteiger partial charge in [-0.25, -0.2) is 4.68 Å². The SMILES string of the molecule is CC(C)(C)c1cc(C[B]c2nnnn2-c2ccccc2)cc(Cc2cc(CSc3nnnn3-c3ccccc3)cc(C(C)(C)C)c2O)c1O. The molecule has 0 bridgehead atoms. The van der Waals surface area contributed by atoms with Crippen molar-refractivity contribution in [3.05, 3.63) is 118 Å². The third-order valence-corrected chi connectivity index (χ3v) is 9.31. The standard InChI is InChI=1S/C37H40BN8O2S/c1-36(2,3)30-19-24(22-38-34-39-41-43-45(34)28-13-9-7-10-14-28)17-26(32(30)47)21-27-18-25(20-31(33(27)48)37(4,5)6)23-49-35-40-42-44-46(35)29-15-11-8-12-16-29/h7-20,47-48H,21-23H2,1-6H3. The number of para-hydroxylation sites is 2. The topological polar surface area (TPSA) is 128 Å². The van der Waals surface area contributed by atoms with Crippen molar-refractivity contribution in [2.75, 3.05) is 0 Å². The van der Waals surface area contributed by atoms with Crippen LogP contribution in [0, 0.1) is 0 Å². The van der Waals surface area contributed by atoms with Crippen molar-refractivity contribution in [3.8, 4) is 22.9 Å². The monoisotopic (exact) mass is 671 g/mol. The lowest BCUT2D eigenvalue weighted by molar-refractivity contribution is 0.435. The zero-order chi connectivity index (χ0) is 34.8. The Labute approximate surface area is 291 Å². The van der Waals surface area contributed by atoms with E-state index in [1.54, 1.807) is 9.36 Å². The fourth-order valence-electron chi connectivity index (χ4n) is 5.77. The molecule has 1 radical (unpaired) electrons. The molecule has 2 heterocycles.